The minimum Gasteiger partial charge on any atom is -0.399 e. The maximum Gasteiger partial charge on any atom is 0.238 e. The Morgan fingerprint density at radius 2 is 2.24 bits per heavy atom. The molecular formula is C15H20N4O2. The summed E-state index contributed by atoms with van der Waals surface area (Å²) in [4.78, 5) is 27.8. The van der Waals surface area contributed by atoms with Gasteiger partial charge < -0.3 is 16.0 Å². The zero-order chi connectivity index (χ0) is 14.8. The molecule has 1 unspecified atom stereocenters. The lowest BCUT2D eigenvalue weighted by Gasteiger charge is -2.37. The van der Waals surface area contributed by atoms with E-state index >= 15 is 0 Å². The van der Waals surface area contributed by atoms with Gasteiger partial charge in [0.05, 0.1) is 6.54 Å². The molecule has 112 valence electrons. The number of nitrogens with two attached hydrogens (primary N) is 1. The molecule has 2 aliphatic heterocycles. The maximum atomic E-state index is 12.1. The number of benzene rings is 1. The van der Waals surface area contributed by atoms with Crippen molar-refractivity contribution < 1.29 is 9.59 Å². The molecule has 2 saturated heterocycles. The summed E-state index contributed by atoms with van der Waals surface area (Å²) in [5.74, 6) is 0.210. The lowest BCUT2D eigenvalue weighted by atomic mass is 10.1. The third-order valence-electron chi connectivity index (χ3n) is 4.12. The Kier molecular flexibility index (Phi) is 3.79. The number of fused-ring (bicyclic) bond motifs is 1. The van der Waals surface area contributed by atoms with E-state index in [0.29, 0.717) is 18.7 Å². The fourth-order valence-corrected chi connectivity index (χ4v) is 3.09. The second-order valence-corrected chi connectivity index (χ2v) is 5.69. The summed E-state index contributed by atoms with van der Waals surface area (Å²) in [5.41, 5.74) is 7.04. The van der Waals surface area contributed by atoms with Gasteiger partial charge in [0.15, 0.2) is 0 Å². The Labute approximate surface area is 123 Å². The van der Waals surface area contributed by atoms with Gasteiger partial charge in [-0.3, -0.25) is 14.5 Å². The first-order valence-corrected chi connectivity index (χ1v) is 7.29. The minimum atomic E-state index is -0.0432. The minimum absolute atomic E-state index is 0.0432. The van der Waals surface area contributed by atoms with Crippen LogP contribution in [0.3, 0.4) is 0 Å². The van der Waals surface area contributed by atoms with Crippen molar-refractivity contribution in [2.45, 2.75) is 18.9 Å². The maximum absolute atomic E-state index is 12.1. The Bertz CT molecular complexity index is 560. The number of anilines is 2. The highest BCUT2D eigenvalue weighted by Crippen LogP contribution is 2.22. The Morgan fingerprint density at radius 1 is 1.38 bits per heavy atom. The third kappa shape index (κ3) is 3.16. The molecule has 1 aromatic carbocycles. The van der Waals surface area contributed by atoms with E-state index in [1.54, 1.807) is 12.1 Å². The highest BCUT2D eigenvalue weighted by Gasteiger charge is 2.35. The van der Waals surface area contributed by atoms with Crippen molar-refractivity contribution in [2.24, 2.45) is 0 Å². The van der Waals surface area contributed by atoms with Crippen LogP contribution in [0.15, 0.2) is 24.3 Å². The van der Waals surface area contributed by atoms with Crippen LogP contribution in [0, 0.1) is 0 Å². The number of amides is 2. The molecule has 6 nitrogen and oxygen atoms in total. The molecule has 0 saturated carbocycles. The SMILES string of the molecule is Nc1cccc(NC(=O)CN2CCN3C(=O)CCC3C2)c1. The predicted molar refractivity (Wildman–Crippen MR) is 80.7 cm³/mol. The van der Waals surface area contributed by atoms with Gasteiger partial charge in [0.2, 0.25) is 11.8 Å². The van der Waals surface area contributed by atoms with E-state index in [-0.39, 0.29) is 17.9 Å². The molecule has 2 heterocycles. The second kappa shape index (κ2) is 5.73. The second-order valence-electron chi connectivity index (χ2n) is 5.69. The van der Waals surface area contributed by atoms with E-state index in [4.69, 9.17) is 5.73 Å². The number of nitrogens with zero attached hydrogens (tertiary/aromatic N) is 2. The zero-order valence-corrected chi connectivity index (χ0v) is 11.9. The molecular weight excluding hydrogens is 268 g/mol. The highest BCUT2D eigenvalue weighted by atomic mass is 16.2. The fourth-order valence-electron chi connectivity index (χ4n) is 3.09. The van der Waals surface area contributed by atoms with Gasteiger partial charge in [-0.15, -0.1) is 0 Å². The molecule has 3 N–H and O–H groups in total. The highest BCUT2D eigenvalue weighted by molar-refractivity contribution is 5.92. The Hall–Kier alpha value is -2.08. The number of carbonyl (C=O) groups excluding carboxylic acids is 2. The zero-order valence-electron chi connectivity index (χ0n) is 11.9. The van der Waals surface area contributed by atoms with E-state index in [9.17, 15) is 9.59 Å². The van der Waals surface area contributed by atoms with Gasteiger partial charge in [-0.1, -0.05) is 6.07 Å². The molecule has 1 atom stereocenters. The lowest BCUT2D eigenvalue weighted by molar-refractivity contribution is -0.130. The number of carbonyl (C=O) groups is 2. The van der Waals surface area contributed by atoms with Crippen molar-refractivity contribution in [3.63, 3.8) is 0 Å². The molecule has 21 heavy (non-hydrogen) atoms. The number of hydrogen-bond acceptors (Lipinski definition) is 4. The monoisotopic (exact) mass is 288 g/mol. The lowest BCUT2D eigenvalue weighted by Crippen LogP contribution is -2.52. The average Bonchev–Trinajstić information content (AvgIpc) is 2.80. The summed E-state index contributed by atoms with van der Waals surface area (Å²) < 4.78 is 0. The first-order chi connectivity index (χ1) is 10.1. The third-order valence-corrected chi connectivity index (χ3v) is 4.12. The summed E-state index contributed by atoms with van der Waals surface area (Å²) >= 11 is 0. The molecule has 2 aliphatic rings. The summed E-state index contributed by atoms with van der Waals surface area (Å²) in [6.07, 6.45) is 1.56. The predicted octanol–water partition coefficient (Wildman–Crippen LogP) is 0.514. The normalized spacial score (nSPS) is 22.2. The number of nitrogens with one attached hydrogen (secondary N) is 1. The Morgan fingerprint density at radius 3 is 3.05 bits per heavy atom. The molecule has 0 radical (unpaired) electrons. The van der Waals surface area contributed by atoms with Crippen LogP contribution >= 0.6 is 0 Å². The van der Waals surface area contributed by atoms with E-state index in [1.165, 1.54) is 0 Å². The van der Waals surface area contributed by atoms with Crippen molar-refractivity contribution in [3.8, 4) is 0 Å². The van der Waals surface area contributed by atoms with Gasteiger partial charge in [-0.05, 0) is 24.6 Å². The molecule has 0 aliphatic carbocycles. The molecule has 0 spiro atoms. The first-order valence-electron chi connectivity index (χ1n) is 7.29. The summed E-state index contributed by atoms with van der Waals surface area (Å²) in [5, 5.41) is 2.86. The van der Waals surface area contributed by atoms with E-state index in [0.717, 1.165) is 31.7 Å². The fraction of sp³-hybridized carbons (Fsp3) is 0.467. The van der Waals surface area contributed by atoms with Crippen molar-refractivity contribution >= 4 is 23.2 Å². The van der Waals surface area contributed by atoms with Crippen LogP contribution < -0.4 is 11.1 Å². The van der Waals surface area contributed by atoms with Crippen LogP contribution in [0.4, 0.5) is 11.4 Å². The van der Waals surface area contributed by atoms with Gasteiger partial charge >= 0.3 is 0 Å². The van der Waals surface area contributed by atoms with Crippen molar-refractivity contribution in [2.75, 3.05) is 37.2 Å². The Balaban J connectivity index is 1.53. The number of hydrogen-bond donors (Lipinski definition) is 2. The molecule has 6 heteroatoms. The van der Waals surface area contributed by atoms with Crippen LogP contribution in [0.25, 0.3) is 0 Å². The van der Waals surface area contributed by atoms with Gasteiger partial charge in [-0.25, -0.2) is 0 Å². The summed E-state index contributed by atoms with van der Waals surface area (Å²) in [6.45, 7) is 2.63. The standard InChI is InChI=1S/C15H20N4O2/c16-11-2-1-3-12(8-11)17-14(20)10-18-6-7-19-13(9-18)4-5-15(19)21/h1-3,8,13H,4-7,9-10,16H2,(H,17,20). The molecule has 2 amide bonds. The largest absolute Gasteiger partial charge is 0.399 e. The average molecular weight is 288 g/mol. The van der Waals surface area contributed by atoms with Gasteiger partial charge in [0.1, 0.15) is 0 Å². The van der Waals surface area contributed by atoms with Crippen LogP contribution in [-0.4, -0.2) is 53.8 Å². The molecule has 0 aromatic heterocycles. The number of piperazine rings is 1. The molecule has 1 aromatic rings. The van der Waals surface area contributed by atoms with Crippen molar-refractivity contribution in [3.05, 3.63) is 24.3 Å². The van der Waals surface area contributed by atoms with Crippen molar-refractivity contribution in [1.82, 2.24) is 9.80 Å². The number of nitrogen functional groups attached to an aromatic ring is 1. The van der Waals surface area contributed by atoms with Gasteiger partial charge in [0, 0.05) is 43.5 Å². The summed E-state index contributed by atoms with van der Waals surface area (Å²) in [7, 11) is 0. The topological polar surface area (TPSA) is 78.7 Å². The van der Waals surface area contributed by atoms with E-state index < -0.39 is 0 Å². The van der Waals surface area contributed by atoms with Crippen LogP contribution in [-0.2, 0) is 9.59 Å². The van der Waals surface area contributed by atoms with E-state index in [2.05, 4.69) is 10.2 Å². The molecule has 0 bridgehead atoms. The molecule has 3 rings (SSSR count). The number of rotatable bonds is 3. The van der Waals surface area contributed by atoms with E-state index in [1.807, 2.05) is 17.0 Å². The quantitative estimate of drug-likeness (QED) is 0.795. The smallest absolute Gasteiger partial charge is 0.238 e. The van der Waals surface area contributed by atoms with Crippen LogP contribution in [0.1, 0.15) is 12.8 Å². The van der Waals surface area contributed by atoms with Crippen molar-refractivity contribution in [1.29, 1.82) is 0 Å². The van der Waals surface area contributed by atoms with Gasteiger partial charge in [0.25, 0.3) is 0 Å². The summed E-state index contributed by atoms with van der Waals surface area (Å²) in [6, 6.07) is 7.44. The molecule has 2 fully saturated rings. The van der Waals surface area contributed by atoms with Crippen LogP contribution in [0.2, 0.25) is 0 Å². The first kappa shape index (κ1) is 13.9. The van der Waals surface area contributed by atoms with Crippen LogP contribution in [0.5, 0.6) is 0 Å². The van der Waals surface area contributed by atoms with Gasteiger partial charge in [-0.2, -0.15) is 0 Å².